The van der Waals surface area contributed by atoms with Crippen LogP contribution >= 0.6 is 0 Å². The third-order valence-electron chi connectivity index (χ3n) is 16.2. The number of hydrogen-bond acceptors (Lipinski definition) is 2. The van der Waals surface area contributed by atoms with E-state index in [0.29, 0.717) is 0 Å². The highest BCUT2D eigenvalue weighted by Crippen LogP contribution is 2.53. The molecule has 4 nitrogen and oxygen atoms in total. The lowest BCUT2D eigenvalue weighted by atomic mass is 9.47. The van der Waals surface area contributed by atoms with E-state index in [4.69, 9.17) is 8.53 Å². The fourth-order valence-corrected chi connectivity index (χ4v) is 12.0. The number of fused-ring (bicyclic) bond motifs is 13. The van der Waals surface area contributed by atoms with Gasteiger partial charge in [-0.05, 0) is 138 Å². The van der Waals surface area contributed by atoms with Crippen LogP contribution in [-0.2, 0) is 32.5 Å². The first-order valence-corrected chi connectivity index (χ1v) is 26.5. The Labute approximate surface area is 441 Å². The van der Waals surface area contributed by atoms with Gasteiger partial charge >= 0.3 is 6.85 Å². The molecular weight excluding hydrogens is 886 g/mol. The summed E-state index contributed by atoms with van der Waals surface area (Å²) in [6.45, 7) is 40.5. The van der Waals surface area contributed by atoms with Gasteiger partial charge in [0, 0.05) is 66.2 Å². The average Bonchev–Trinajstić information content (AvgIpc) is 2.83. The molecule has 5 heterocycles. The Bertz CT molecular complexity index is 4230. The van der Waals surface area contributed by atoms with Crippen LogP contribution in [0.4, 0.5) is 17.1 Å². The fourth-order valence-electron chi connectivity index (χ4n) is 12.0. The second kappa shape index (κ2) is 15.1. The number of hydrogen-bond donors (Lipinski definition) is 0. The van der Waals surface area contributed by atoms with Crippen molar-refractivity contribution in [2.24, 2.45) is 0 Å². The lowest BCUT2D eigenvalue weighted by Crippen LogP contribution is -2.56. The first kappa shape index (κ1) is 42.0. The first-order valence-electron chi connectivity index (χ1n) is 29.0. The van der Waals surface area contributed by atoms with Gasteiger partial charge in [0.25, 0.3) is 0 Å². The Balaban J connectivity index is 1.36. The molecule has 10 aromatic rings. The van der Waals surface area contributed by atoms with Crippen molar-refractivity contribution in [1.82, 2.24) is 9.05 Å². The SMILES string of the molecule is [2H]c1c([2H])c([2H])c(-n2c3ccc(C(C)(C)C)cc3c3cc4c5c(c6cc(C(C)(C)C)ccc6n5B5c6oc7c(C(C)(C)C)cc(C(C)(C)C)cc7c6N(c6ccc(C(C)(C)C)cc6)c6cc(C(C)(C)C)cc-4c65)c32)c([2H])c1[2H]. The zero-order valence-electron chi connectivity index (χ0n) is 51.5. The van der Waals surface area contributed by atoms with Crippen molar-refractivity contribution < 1.29 is 11.3 Å². The monoisotopic (exact) mass is 965 g/mol. The van der Waals surface area contributed by atoms with Gasteiger partial charge in [0.2, 0.25) is 0 Å². The van der Waals surface area contributed by atoms with Gasteiger partial charge < -0.3 is 18.4 Å². The normalized spacial score (nSPS) is 15.3. The molecular formula is C68H74BN3O. The lowest BCUT2D eigenvalue weighted by molar-refractivity contribution is 0.557. The highest BCUT2D eigenvalue weighted by molar-refractivity contribution is 6.89. The topological polar surface area (TPSA) is 26.2 Å². The summed E-state index contributed by atoms with van der Waals surface area (Å²) in [5.41, 5.74) is 18.2. The van der Waals surface area contributed by atoms with Crippen molar-refractivity contribution >= 4 is 89.6 Å². The number of benzene rings is 7. The molecule has 5 heteroatoms. The van der Waals surface area contributed by atoms with Gasteiger partial charge in [-0.15, -0.1) is 0 Å². The summed E-state index contributed by atoms with van der Waals surface area (Å²) in [5.74, 6) is 0. The third-order valence-corrected chi connectivity index (χ3v) is 16.2. The molecule has 0 bridgehead atoms. The summed E-state index contributed by atoms with van der Waals surface area (Å²) in [6.07, 6.45) is 0. The van der Waals surface area contributed by atoms with Crippen LogP contribution in [0.1, 0.15) is 165 Å². The fraction of sp³-hybridized carbons (Fsp3) is 0.353. The van der Waals surface area contributed by atoms with E-state index in [9.17, 15) is 2.74 Å². The lowest BCUT2D eigenvalue weighted by Gasteiger charge is -2.39. The van der Waals surface area contributed by atoms with Crippen molar-refractivity contribution in [2.45, 2.75) is 157 Å². The molecule has 2 aliphatic rings. The number of aromatic nitrogens is 2. The molecule has 0 amide bonds. The summed E-state index contributed by atoms with van der Waals surface area (Å²) in [6, 6.07) is 33.0. The Morgan fingerprint density at radius 3 is 1.59 bits per heavy atom. The molecule has 2 aliphatic heterocycles. The van der Waals surface area contributed by atoms with Crippen LogP contribution in [-0.4, -0.2) is 15.9 Å². The molecule has 0 spiro atoms. The van der Waals surface area contributed by atoms with E-state index in [2.05, 4.69) is 225 Å². The third kappa shape index (κ3) is 7.07. The van der Waals surface area contributed by atoms with E-state index in [1.807, 2.05) is 4.57 Å². The molecule has 0 saturated carbocycles. The zero-order chi connectivity index (χ0) is 56.4. The Morgan fingerprint density at radius 1 is 0.452 bits per heavy atom. The number of anilines is 3. The molecule has 0 aliphatic carbocycles. The van der Waals surface area contributed by atoms with E-state index in [-0.39, 0.29) is 62.3 Å². The van der Waals surface area contributed by atoms with Gasteiger partial charge in [-0.25, -0.2) is 0 Å². The molecule has 0 unspecified atom stereocenters. The Hall–Kier alpha value is -6.46. The Morgan fingerprint density at radius 2 is 1.00 bits per heavy atom. The second-order valence-corrected chi connectivity index (χ2v) is 27.6. The zero-order valence-corrected chi connectivity index (χ0v) is 46.5. The summed E-state index contributed by atoms with van der Waals surface area (Å²) < 4.78 is 58.4. The van der Waals surface area contributed by atoms with Crippen molar-refractivity contribution in [1.29, 1.82) is 0 Å². The molecule has 0 radical (unpaired) electrons. The maximum Gasteiger partial charge on any atom is 0.375 e. The maximum absolute atomic E-state index is 9.62. The van der Waals surface area contributed by atoms with Crippen LogP contribution in [0, 0.1) is 0 Å². The van der Waals surface area contributed by atoms with E-state index in [0.717, 1.165) is 105 Å². The van der Waals surface area contributed by atoms with Crippen LogP contribution in [0.3, 0.4) is 0 Å². The summed E-state index contributed by atoms with van der Waals surface area (Å²) in [5, 5.41) is 5.00. The van der Waals surface area contributed by atoms with Crippen molar-refractivity contribution in [3.05, 3.63) is 155 Å². The minimum Gasteiger partial charge on any atom is -0.466 e. The van der Waals surface area contributed by atoms with Gasteiger partial charge in [0.05, 0.1) is 23.6 Å². The molecule has 3 aromatic heterocycles. The largest absolute Gasteiger partial charge is 0.466 e. The standard InChI is InChI=1S/C68H74BN3O/c1-63(2,3)39-24-28-45(29-25-39)71-55-37-43(67(13,14)15)34-47-49-38-48-46-32-40(64(4,5)6)26-30-53(46)70(44-22-20-19-21-23-44)58(48)56-50-33-41(65(7,8)9)27-31-54(50)72(59(49)56)69(57(47)55)62-60(71)51-35-42(66(10,11)12)36-52(61(51)73-62)68(16,17)18/h19-38H,1-18H3/i19D,20D,21D,22D,23D. The van der Waals surface area contributed by atoms with Gasteiger partial charge in [-0.1, -0.05) is 179 Å². The average molecular weight is 965 g/mol. The summed E-state index contributed by atoms with van der Waals surface area (Å²) in [4.78, 5) is 2.51. The number of para-hydroxylation sites is 1. The van der Waals surface area contributed by atoms with Crippen LogP contribution in [0.15, 0.2) is 126 Å². The molecule has 0 N–H and O–H groups in total. The van der Waals surface area contributed by atoms with E-state index < -0.39 is 12.9 Å². The molecule has 73 heavy (non-hydrogen) atoms. The molecule has 7 aromatic carbocycles. The molecule has 0 saturated heterocycles. The van der Waals surface area contributed by atoms with Crippen LogP contribution in [0.25, 0.3) is 71.4 Å². The van der Waals surface area contributed by atoms with Gasteiger partial charge in [-0.3, -0.25) is 0 Å². The Kier molecular flexibility index (Phi) is 8.67. The molecule has 0 atom stereocenters. The quantitative estimate of drug-likeness (QED) is 0.161. The first-order chi connectivity index (χ1) is 36.1. The second-order valence-electron chi connectivity index (χ2n) is 27.6. The highest BCUT2D eigenvalue weighted by atomic mass is 16.3. The van der Waals surface area contributed by atoms with Gasteiger partial charge in [0.15, 0.2) is 0 Å². The van der Waals surface area contributed by atoms with Crippen LogP contribution < -0.4 is 16.0 Å². The predicted molar refractivity (Wildman–Crippen MR) is 316 cm³/mol. The molecule has 370 valence electrons. The van der Waals surface area contributed by atoms with Gasteiger partial charge in [-0.2, -0.15) is 0 Å². The van der Waals surface area contributed by atoms with E-state index >= 15 is 0 Å². The van der Waals surface area contributed by atoms with E-state index in [1.54, 1.807) is 0 Å². The van der Waals surface area contributed by atoms with Crippen LogP contribution in [0.2, 0.25) is 0 Å². The van der Waals surface area contributed by atoms with Crippen LogP contribution in [0.5, 0.6) is 0 Å². The smallest absolute Gasteiger partial charge is 0.375 e. The van der Waals surface area contributed by atoms with Crippen molar-refractivity contribution in [3.8, 4) is 16.8 Å². The van der Waals surface area contributed by atoms with Crippen molar-refractivity contribution in [2.75, 3.05) is 4.90 Å². The maximum atomic E-state index is 9.62. The van der Waals surface area contributed by atoms with Crippen molar-refractivity contribution in [3.63, 3.8) is 0 Å². The molecule has 0 fully saturated rings. The number of nitrogens with zero attached hydrogens (tertiary/aromatic N) is 3. The predicted octanol–water partition coefficient (Wildman–Crippen LogP) is 17.8. The minimum atomic E-state index is -0.432. The molecule has 12 rings (SSSR count). The van der Waals surface area contributed by atoms with Gasteiger partial charge in [0.1, 0.15) is 11.2 Å². The van der Waals surface area contributed by atoms with E-state index in [1.165, 1.54) is 22.3 Å². The highest BCUT2D eigenvalue weighted by Gasteiger charge is 2.48. The number of rotatable bonds is 2. The summed E-state index contributed by atoms with van der Waals surface area (Å²) in [7, 11) is 0. The number of furan rings is 1. The minimum absolute atomic E-state index is 0.0460. The summed E-state index contributed by atoms with van der Waals surface area (Å²) >= 11 is 0.